The average Bonchev–Trinajstić information content (AvgIpc) is 2.15. The van der Waals surface area contributed by atoms with Gasteiger partial charge in [0, 0.05) is 5.92 Å². The topological polar surface area (TPSA) is 0 Å². The van der Waals surface area contributed by atoms with Crippen molar-refractivity contribution in [1.82, 2.24) is 0 Å². The summed E-state index contributed by atoms with van der Waals surface area (Å²) in [5.74, 6) is -0.623. The van der Waals surface area contributed by atoms with Gasteiger partial charge < -0.3 is 0 Å². The van der Waals surface area contributed by atoms with Gasteiger partial charge in [0.2, 0.25) is 0 Å². The lowest BCUT2D eigenvalue weighted by Crippen LogP contribution is -2.15. The number of halogens is 2. The van der Waals surface area contributed by atoms with E-state index in [2.05, 4.69) is 0 Å². The van der Waals surface area contributed by atoms with Crippen LogP contribution < -0.4 is 0 Å². The van der Waals surface area contributed by atoms with E-state index in [1.165, 1.54) is 0 Å². The maximum atomic E-state index is 14.0. The summed E-state index contributed by atoms with van der Waals surface area (Å²) in [6.45, 7) is 7.04. The maximum absolute atomic E-state index is 14.0. The quantitative estimate of drug-likeness (QED) is 0.689. The summed E-state index contributed by atoms with van der Waals surface area (Å²) < 4.78 is 26.6. The predicted octanol–water partition coefficient (Wildman–Crippen LogP) is 4.20. The number of hydrogen-bond acceptors (Lipinski definition) is 0. The van der Waals surface area contributed by atoms with E-state index < -0.39 is 6.67 Å². The highest BCUT2D eigenvalue weighted by atomic mass is 19.1. The van der Waals surface area contributed by atoms with Crippen molar-refractivity contribution in [3.63, 3.8) is 0 Å². The molecule has 1 aromatic carbocycles. The summed E-state index contributed by atoms with van der Waals surface area (Å²) in [7, 11) is 0. The van der Waals surface area contributed by atoms with E-state index in [-0.39, 0.29) is 17.2 Å². The lowest BCUT2D eigenvalue weighted by atomic mass is 9.84. The summed E-state index contributed by atoms with van der Waals surface area (Å²) in [5.41, 5.74) is 0.890. The van der Waals surface area contributed by atoms with Crippen LogP contribution in [0.4, 0.5) is 8.78 Å². The molecule has 84 valence electrons. The summed E-state index contributed by atoms with van der Waals surface area (Å²) in [5, 5.41) is 0. The minimum absolute atomic E-state index is 0.240. The normalized spacial score (nSPS) is 14.0. The van der Waals surface area contributed by atoms with Gasteiger partial charge in [-0.2, -0.15) is 0 Å². The summed E-state index contributed by atoms with van der Waals surface area (Å²) in [4.78, 5) is 0. The Morgan fingerprint density at radius 1 is 1.27 bits per heavy atom. The van der Waals surface area contributed by atoms with Gasteiger partial charge in [-0.15, -0.1) is 0 Å². The molecule has 0 aliphatic rings. The Kier molecular flexibility index (Phi) is 3.48. The lowest BCUT2D eigenvalue weighted by Gasteiger charge is -2.22. The van der Waals surface area contributed by atoms with Crippen molar-refractivity contribution in [2.24, 2.45) is 0 Å². The van der Waals surface area contributed by atoms with Crippen LogP contribution in [0.5, 0.6) is 0 Å². The van der Waals surface area contributed by atoms with Crippen LogP contribution in [0.25, 0.3) is 0 Å². The molecule has 0 saturated heterocycles. The first-order chi connectivity index (χ1) is 6.88. The van der Waals surface area contributed by atoms with Crippen molar-refractivity contribution in [2.75, 3.05) is 6.67 Å². The van der Waals surface area contributed by atoms with Crippen molar-refractivity contribution in [1.29, 1.82) is 0 Å². The fourth-order valence-electron chi connectivity index (χ4n) is 1.59. The highest BCUT2D eigenvalue weighted by Gasteiger charge is 2.21. The molecule has 1 rings (SSSR count). The third kappa shape index (κ3) is 2.55. The van der Waals surface area contributed by atoms with Gasteiger partial charge in [0.25, 0.3) is 0 Å². The summed E-state index contributed by atoms with van der Waals surface area (Å²) in [6, 6.07) is 5.23. The van der Waals surface area contributed by atoms with Crippen LogP contribution in [0, 0.1) is 5.82 Å². The fourth-order valence-corrected chi connectivity index (χ4v) is 1.59. The molecule has 2 heteroatoms. The molecule has 0 fully saturated rings. The average molecular weight is 212 g/mol. The molecule has 1 unspecified atom stereocenters. The van der Waals surface area contributed by atoms with Gasteiger partial charge >= 0.3 is 0 Å². The molecule has 0 amide bonds. The molecular formula is C13H18F2. The number of benzene rings is 1. The van der Waals surface area contributed by atoms with Crippen LogP contribution in [-0.2, 0) is 5.41 Å². The van der Waals surface area contributed by atoms with Crippen molar-refractivity contribution in [3.05, 3.63) is 35.1 Å². The molecule has 0 heterocycles. The van der Waals surface area contributed by atoms with E-state index in [1.54, 1.807) is 25.1 Å². The zero-order valence-corrected chi connectivity index (χ0v) is 9.77. The molecule has 15 heavy (non-hydrogen) atoms. The number of alkyl halides is 1. The van der Waals surface area contributed by atoms with E-state index in [0.717, 1.165) is 0 Å². The molecular weight excluding hydrogens is 194 g/mol. The molecule has 0 N–H and O–H groups in total. The number of hydrogen-bond donors (Lipinski definition) is 0. The third-order valence-electron chi connectivity index (χ3n) is 2.60. The monoisotopic (exact) mass is 212 g/mol. The minimum Gasteiger partial charge on any atom is -0.250 e. The third-order valence-corrected chi connectivity index (χ3v) is 2.60. The Hall–Kier alpha value is -0.920. The van der Waals surface area contributed by atoms with Crippen LogP contribution in [-0.4, -0.2) is 6.67 Å². The highest BCUT2D eigenvalue weighted by molar-refractivity contribution is 5.32. The van der Waals surface area contributed by atoms with Gasteiger partial charge in [-0.25, -0.2) is 4.39 Å². The van der Waals surface area contributed by atoms with E-state index in [0.29, 0.717) is 11.1 Å². The first-order valence-corrected chi connectivity index (χ1v) is 5.22. The van der Waals surface area contributed by atoms with E-state index in [1.807, 2.05) is 20.8 Å². The molecule has 0 radical (unpaired) electrons. The fraction of sp³-hybridized carbons (Fsp3) is 0.538. The van der Waals surface area contributed by atoms with Crippen LogP contribution in [0.2, 0.25) is 0 Å². The second kappa shape index (κ2) is 4.30. The van der Waals surface area contributed by atoms with Crippen molar-refractivity contribution in [2.45, 2.75) is 39.0 Å². The molecule has 0 aliphatic carbocycles. The predicted molar refractivity (Wildman–Crippen MR) is 59.5 cm³/mol. The first kappa shape index (κ1) is 12.2. The van der Waals surface area contributed by atoms with Crippen LogP contribution >= 0.6 is 0 Å². The van der Waals surface area contributed by atoms with Crippen LogP contribution in [0.15, 0.2) is 18.2 Å². The Morgan fingerprint density at radius 3 is 2.33 bits per heavy atom. The Labute approximate surface area is 90.3 Å². The SMILES string of the molecule is CC(CF)c1cccc(C(C)(C)C)c1F. The van der Waals surface area contributed by atoms with Crippen LogP contribution in [0.3, 0.4) is 0 Å². The van der Waals surface area contributed by atoms with Gasteiger partial charge in [0.15, 0.2) is 0 Å². The minimum atomic E-state index is -0.523. The summed E-state index contributed by atoms with van der Waals surface area (Å²) >= 11 is 0. The maximum Gasteiger partial charge on any atom is 0.130 e. The zero-order chi connectivity index (χ0) is 11.6. The molecule has 0 spiro atoms. The standard InChI is InChI=1S/C13H18F2/c1-9(8-14)10-6-5-7-11(12(10)15)13(2,3)4/h5-7,9H,8H2,1-4H3. The lowest BCUT2D eigenvalue weighted by molar-refractivity contribution is 0.431. The van der Waals surface area contributed by atoms with Gasteiger partial charge in [-0.3, -0.25) is 4.39 Å². The van der Waals surface area contributed by atoms with Gasteiger partial charge in [0.05, 0.1) is 6.67 Å². The molecule has 0 bridgehead atoms. The van der Waals surface area contributed by atoms with Crippen molar-refractivity contribution >= 4 is 0 Å². The first-order valence-electron chi connectivity index (χ1n) is 5.22. The second-order valence-corrected chi connectivity index (χ2v) is 5.01. The Morgan fingerprint density at radius 2 is 1.87 bits per heavy atom. The van der Waals surface area contributed by atoms with Crippen LogP contribution in [0.1, 0.15) is 44.7 Å². The van der Waals surface area contributed by atoms with Crippen molar-refractivity contribution < 1.29 is 8.78 Å². The molecule has 1 aromatic rings. The smallest absolute Gasteiger partial charge is 0.130 e. The van der Waals surface area contributed by atoms with E-state index in [4.69, 9.17) is 0 Å². The summed E-state index contributed by atoms with van der Waals surface area (Å²) in [6.07, 6.45) is 0. The van der Waals surface area contributed by atoms with E-state index in [9.17, 15) is 8.78 Å². The van der Waals surface area contributed by atoms with Crippen molar-refractivity contribution in [3.8, 4) is 0 Å². The molecule has 0 aromatic heterocycles. The van der Waals surface area contributed by atoms with Gasteiger partial charge in [0.1, 0.15) is 5.82 Å². The molecule has 0 saturated carbocycles. The Balaban J connectivity index is 3.23. The van der Waals surface area contributed by atoms with Gasteiger partial charge in [-0.05, 0) is 16.5 Å². The van der Waals surface area contributed by atoms with Gasteiger partial charge in [-0.1, -0.05) is 45.9 Å². The zero-order valence-electron chi connectivity index (χ0n) is 9.77. The number of rotatable bonds is 2. The second-order valence-electron chi connectivity index (χ2n) is 5.01. The molecule has 0 aliphatic heterocycles. The molecule has 1 atom stereocenters. The highest BCUT2D eigenvalue weighted by Crippen LogP contribution is 2.29. The largest absolute Gasteiger partial charge is 0.250 e. The Bertz CT molecular complexity index is 337. The van der Waals surface area contributed by atoms with E-state index >= 15 is 0 Å². The molecule has 0 nitrogen and oxygen atoms in total.